The van der Waals surface area contributed by atoms with Crippen LogP contribution >= 0.6 is 15.9 Å². The van der Waals surface area contributed by atoms with Crippen LogP contribution in [0.25, 0.3) is 0 Å². The first kappa shape index (κ1) is 13.5. The smallest absolute Gasteiger partial charge is 0.171 e. The molecular weight excluding hydrogens is 302 g/mol. The number of nitrogens with one attached hydrogen (secondary N) is 1. The van der Waals surface area contributed by atoms with Crippen molar-refractivity contribution in [2.75, 3.05) is 33.9 Å². The minimum absolute atomic E-state index is 0.405. The van der Waals surface area contributed by atoms with Gasteiger partial charge in [0.05, 0.1) is 23.2 Å². The molecule has 1 heterocycles. The van der Waals surface area contributed by atoms with Crippen molar-refractivity contribution in [2.45, 2.75) is 6.10 Å². The Balaban J connectivity index is 2.54. The Morgan fingerprint density at radius 3 is 2.89 bits per heavy atom. The van der Waals surface area contributed by atoms with E-state index in [1.54, 1.807) is 20.2 Å². The number of hydrogen-bond donors (Lipinski definition) is 2. The van der Waals surface area contributed by atoms with Crippen LogP contribution in [0.3, 0.4) is 0 Å². The average Bonchev–Trinajstić information content (AvgIpc) is 2.37. The van der Waals surface area contributed by atoms with Crippen LogP contribution in [-0.4, -0.2) is 39.0 Å². The van der Waals surface area contributed by atoms with Crippen LogP contribution in [0.15, 0.2) is 10.5 Å². The second-order valence-electron chi connectivity index (χ2n) is 3.90. The molecule has 0 amide bonds. The van der Waals surface area contributed by atoms with E-state index >= 15 is 0 Å². The van der Waals surface area contributed by atoms with Gasteiger partial charge in [-0.05, 0) is 23.0 Å². The molecule has 1 unspecified atom stereocenters. The van der Waals surface area contributed by atoms with Crippen LogP contribution < -0.4 is 19.5 Å². The molecule has 0 spiro atoms. The van der Waals surface area contributed by atoms with Crippen LogP contribution in [-0.2, 0) is 0 Å². The summed E-state index contributed by atoms with van der Waals surface area (Å²) in [7, 11) is 3.34. The lowest BCUT2D eigenvalue weighted by molar-refractivity contribution is 0.142. The third-order valence-electron chi connectivity index (χ3n) is 2.71. The van der Waals surface area contributed by atoms with E-state index < -0.39 is 6.10 Å². The average molecular weight is 318 g/mol. The van der Waals surface area contributed by atoms with Crippen LogP contribution in [0.1, 0.15) is 11.7 Å². The van der Waals surface area contributed by atoms with Gasteiger partial charge in [0, 0.05) is 12.6 Å². The van der Waals surface area contributed by atoms with Gasteiger partial charge < -0.3 is 24.6 Å². The van der Waals surface area contributed by atoms with Crippen molar-refractivity contribution >= 4 is 15.9 Å². The van der Waals surface area contributed by atoms with Gasteiger partial charge in [0.25, 0.3) is 0 Å². The monoisotopic (exact) mass is 317 g/mol. The predicted molar refractivity (Wildman–Crippen MR) is 70.6 cm³/mol. The molecule has 0 aromatic heterocycles. The fraction of sp³-hybridized carbons (Fsp3) is 0.500. The van der Waals surface area contributed by atoms with Crippen molar-refractivity contribution in [3.8, 4) is 17.2 Å². The summed E-state index contributed by atoms with van der Waals surface area (Å²) in [5.41, 5.74) is 0.607. The third kappa shape index (κ3) is 2.41. The Hall–Kier alpha value is -0.980. The fourth-order valence-corrected chi connectivity index (χ4v) is 2.55. The lowest BCUT2D eigenvalue weighted by Gasteiger charge is -2.25. The molecule has 2 N–H and O–H groups in total. The molecule has 0 saturated carbocycles. The molecule has 1 aliphatic rings. The molecule has 1 aliphatic heterocycles. The first-order chi connectivity index (χ1) is 8.69. The van der Waals surface area contributed by atoms with Gasteiger partial charge in [-0.3, -0.25) is 0 Å². The minimum Gasteiger partial charge on any atom is -0.495 e. The largest absolute Gasteiger partial charge is 0.495 e. The van der Waals surface area contributed by atoms with E-state index in [0.29, 0.717) is 42.6 Å². The number of rotatable bonds is 4. The van der Waals surface area contributed by atoms with Gasteiger partial charge in [-0.15, -0.1) is 0 Å². The summed E-state index contributed by atoms with van der Waals surface area (Å²) in [6, 6.07) is 1.79. The molecule has 1 atom stereocenters. The van der Waals surface area contributed by atoms with E-state index in [2.05, 4.69) is 21.2 Å². The number of likely N-dealkylation sites (N-methyl/N-ethyl adjacent to an activating group) is 1. The van der Waals surface area contributed by atoms with Gasteiger partial charge in [0.1, 0.15) is 19.0 Å². The van der Waals surface area contributed by atoms with Crippen LogP contribution in [0.2, 0.25) is 0 Å². The molecule has 2 rings (SSSR count). The molecule has 0 saturated heterocycles. The first-order valence-corrected chi connectivity index (χ1v) is 6.47. The maximum absolute atomic E-state index is 10.2. The zero-order valence-corrected chi connectivity index (χ0v) is 11.9. The Morgan fingerprint density at radius 2 is 2.22 bits per heavy atom. The molecule has 1 aromatic carbocycles. The van der Waals surface area contributed by atoms with E-state index in [1.807, 2.05) is 0 Å². The summed E-state index contributed by atoms with van der Waals surface area (Å²) in [5.74, 6) is 1.75. The second kappa shape index (κ2) is 5.77. The Morgan fingerprint density at radius 1 is 1.50 bits per heavy atom. The standard InChI is InChI=1S/C12H16BrNO4/c1-14-6-8(15)10-11(16-2)7(13)5-9-12(10)18-4-3-17-9/h5,8,14-15H,3-4,6H2,1-2H3. The zero-order chi connectivity index (χ0) is 13.1. The molecule has 18 heavy (non-hydrogen) atoms. The summed E-state index contributed by atoms with van der Waals surface area (Å²) < 4.78 is 17.2. The Bertz CT molecular complexity index is 439. The highest BCUT2D eigenvalue weighted by atomic mass is 79.9. The molecule has 6 heteroatoms. The number of aliphatic hydroxyl groups excluding tert-OH is 1. The number of benzene rings is 1. The number of methoxy groups -OCH3 is 1. The van der Waals surface area contributed by atoms with Gasteiger partial charge >= 0.3 is 0 Å². The molecule has 0 bridgehead atoms. The van der Waals surface area contributed by atoms with Crippen molar-refractivity contribution in [3.63, 3.8) is 0 Å². The third-order valence-corrected chi connectivity index (χ3v) is 3.30. The molecular formula is C12H16BrNO4. The number of halogens is 1. The van der Waals surface area contributed by atoms with Crippen LogP contribution in [0, 0.1) is 0 Å². The SMILES string of the molecule is CNCC(O)c1c(OC)c(Br)cc2c1OCCO2. The molecule has 5 nitrogen and oxygen atoms in total. The quantitative estimate of drug-likeness (QED) is 0.881. The van der Waals surface area contributed by atoms with Gasteiger partial charge in [0.2, 0.25) is 0 Å². The number of fused-ring (bicyclic) bond motifs is 1. The summed E-state index contributed by atoms with van der Waals surface area (Å²) in [4.78, 5) is 0. The predicted octanol–water partition coefficient (Wildman–Crippen LogP) is 1.48. The van der Waals surface area contributed by atoms with Gasteiger partial charge in [-0.2, -0.15) is 0 Å². The van der Waals surface area contributed by atoms with Crippen molar-refractivity contribution in [1.82, 2.24) is 5.32 Å². The number of ether oxygens (including phenoxy) is 3. The van der Waals surface area contributed by atoms with E-state index in [-0.39, 0.29) is 0 Å². The van der Waals surface area contributed by atoms with Gasteiger partial charge in [-0.1, -0.05) is 0 Å². The highest BCUT2D eigenvalue weighted by molar-refractivity contribution is 9.10. The highest BCUT2D eigenvalue weighted by Gasteiger charge is 2.27. The second-order valence-corrected chi connectivity index (χ2v) is 4.76. The van der Waals surface area contributed by atoms with E-state index in [4.69, 9.17) is 14.2 Å². The van der Waals surface area contributed by atoms with Crippen molar-refractivity contribution < 1.29 is 19.3 Å². The molecule has 0 radical (unpaired) electrons. The lowest BCUT2D eigenvalue weighted by Crippen LogP contribution is -2.22. The molecule has 100 valence electrons. The first-order valence-electron chi connectivity index (χ1n) is 5.67. The van der Waals surface area contributed by atoms with Gasteiger partial charge in [0.15, 0.2) is 11.5 Å². The minimum atomic E-state index is -0.724. The number of aliphatic hydroxyl groups is 1. The van der Waals surface area contributed by atoms with Crippen molar-refractivity contribution in [3.05, 3.63) is 16.1 Å². The Kier molecular flexibility index (Phi) is 4.31. The highest BCUT2D eigenvalue weighted by Crippen LogP contribution is 2.46. The maximum atomic E-state index is 10.2. The van der Waals surface area contributed by atoms with Crippen LogP contribution in [0.4, 0.5) is 0 Å². The van der Waals surface area contributed by atoms with Crippen molar-refractivity contribution in [2.24, 2.45) is 0 Å². The summed E-state index contributed by atoms with van der Waals surface area (Å²) >= 11 is 3.41. The molecule has 0 aliphatic carbocycles. The van der Waals surface area contributed by atoms with E-state index in [1.165, 1.54) is 0 Å². The molecule has 0 fully saturated rings. The van der Waals surface area contributed by atoms with E-state index in [0.717, 1.165) is 4.47 Å². The topological polar surface area (TPSA) is 60.0 Å². The normalized spacial score (nSPS) is 15.3. The summed E-state index contributed by atoms with van der Waals surface area (Å²) in [5, 5.41) is 13.1. The zero-order valence-electron chi connectivity index (χ0n) is 10.3. The summed E-state index contributed by atoms with van der Waals surface area (Å²) in [6.07, 6.45) is -0.724. The fourth-order valence-electron chi connectivity index (χ4n) is 1.97. The summed E-state index contributed by atoms with van der Waals surface area (Å²) in [6.45, 7) is 1.38. The van der Waals surface area contributed by atoms with Gasteiger partial charge in [-0.25, -0.2) is 0 Å². The number of hydrogen-bond acceptors (Lipinski definition) is 5. The molecule has 1 aromatic rings. The maximum Gasteiger partial charge on any atom is 0.171 e. The van der Waals surface area contributed by atoms with Crippen LogP contribution in [0.5, 0.6) is 17.2 Å². The Labute approximate surface area is 114 Å². The van der Waals surface area contributed by atoms with E-state index in [9.17, 15) is 5.11 Å². The van der Waals surface area contributed by atoms with Crippen molar-refractivity contribution in [1.29, 1.82) is 0 Å². The lowest BCUT2D eigenvalue weighted by atomic mass is 10.1.